The molecule has 3 aromatic carbocycles. The summed E-state index contributed by atoms with van der Waals surface area (Å²) in [5, 5.41) is 10.6. The van der Waals surface area contributed by atoms with Gasteiger partial charge in [0.25, 0.3) is 17.7 Å². The van der Waals surface area contributed by atoms with E-state index in [1.807, 2.05) is 30.3 Å². The molecule has 38 heavy (non-hydrogen) atoms. The predicted octanol–water partition coefficient (Wildman–Crippen LogP) is 5.33. The largest absolute Gasteiger partial charge is 0.349 e. The van der Waals surface area contributed by atoms with E-state index in [0.717, 1.165) is 18.4 Å². The Morgan fingerprint density at radius 1 is 0.947 bits per heavy atom. The summed E-state index contributed by atoms with van der Waals surface area (Å²) in [7, 11) is 0. The highest BCUT2D eigenvalue weighted by Crippen LogP contribution is 2.32. The van der Waals surface area contributed by atoms with Crippen molar-refractivity contribution < 1.29 is 18.8 Å². The first kappa shape index (κ1) is 25.3. The van der Waals surface area contributed by atoms with Crippen molar-refractivity contribution in [2.75, 3.05) is 5.32 Å². The van der Waals surface area contributed by atoms with E-state index in [-0.39, 0.29) is 40.1 Å². The van der Waals surface area contributed by atoms with Crippen LogP contribution in [0.4, 0.5) is 9.52 Å². The Morgan fingerprint density at radius 3 is 2.45 bits per heavy atom. The lowest BCUT2D eigenvalue weighted by Crippen LogP contribution is -2.25. The number of hydrogen-bond donors (Lipinski definition) is 3. The standard InChI is InChI=1S/C29H25FN4O3S/c1-17-23(14-20(15-25(17)30)27(36)33-21-8-9-21)22-10-7-19(26(35)32-16-18-5-3-2-4-6-18)13-24(22)28(37)34-29-31-11-12-38-29/h2-7,10-15,21H,8-9,16H2,1H3,(H,32,35)(H,33,36)(H,31,34,37). The number of rotatable bonds is 8. The van der Waals surface area contributed by atoms with E-state index in [1.165, 1.54) is 23.5 Å². The molecule has 5 rings (SSSR count). The summed E-state index contributed by atoms with van der Waals surface area (Å²) >= 11 is 1.25. The predicted molar refractivity (Wildman–Crippen MR) is 145 cm³/mol. The van der Waals surface area contributed by atoms with Gasteiger partial charge in [-0.1, -0.05) is 36.4 Å². The van der Waals surface area contributed by atoms with E-state index in [0.29, 0.717) is 22.8 Å². The van der Waals surface area contributed by atoms with Crippen LogP contribution in [-0.4, -0.2) is 28.7 Å². The number of anilines is 1. The molecule has 0 aliphatic heterocycles. The van der Waals surface area contributed by atoms with Crippen LogP contribution in [0.5, 0.6) is 0 Å². The van der Waals surface area contributed by atoms with Crippen LogP contribution in [0.15, 0.2) is 72.2 Å². The lowest BCUT2D eigenvalue weighted by molar-refractivity contribution is 0.0942. The van der Waals surface area contributed by atoms with Crippen molar-refractivity contribution >= 4 is 34.2 Å². The van der Waals surface area contributed by atoms with Crippen molar-refractivity contribution in [2.24, 2.45) is 0 Å². The molecule has 1 saturated carbocycles. The van der Waals surface area contributed by atoms with Crippen molar-refractivity contribution in [1.29, 1.82) is 0 Å². The van der Waals surface area contributed by atoms with Gasteiger partial charge in [-0.3, -0.25) is 19.7 Å². The number of benzene rings is 3. The molecule has 0 atom stereocenters. The molecule has 0 unspecified atom stereocenters. The zero-order valence-corrected chi connectivity index (χ0v) is 21.4. The van der Waals surface area contributed by atoms with Crippen molar-refractivity contribution in [3.63, 3.8) is 0 Å². The van der Waals surface area contributed by atoms with Crippen molar-refractivity contribution in [3.8, 4) is 11.1 Å². The van der Waals surface area contributed by atoms with Crippen LogP contribution in [0.3, 0.4) is 0 Å². The van der Waals surface area contributed by atoms with E-state index < -0.39 is 11.7 Å². The van der Waals surface area contributed by atoms with Gasteiger partial charge >= 0.3 is 0 Å². The molecule has 0 radical (unpaired) electrons. The molecule has 0 bridgehead atoms. The Balaban J connectivity index is 1.51. The minimum absolute atomic E-state index is 0.114. The molecular weight excluding hydrogens is 503 g/mol. The topological polar surface area (TPSA) is 100 Å². The maximum absolute atomic E-state index is 15.0. The van der Waals surface area contributed by atoms with Gasteiger partial charge in [0.2, 0.25) is 0 Å². The Kier molecular flexibility index (Phi) is 7.28. The molecule has 7 nitrogen and oxygen atoms in total. The van der Waals surface area contributed by atoms with Crippen LogP contribution < -0.4 is 16.0 Å². The quantitative estimate of drug-likeness (QED) is 0.288. The molecule has 0 saturated heterocycles. The maximum Gasteiger partial charge on any atom is 0.258 e. The van der Waals surface area contributed by atoms with Gasteiger partial charge in [0.15, 0.2) is 5.13 Å². The van der Waals surface area contributed by atoms with E-state index in [9.17, 15) is 18.8 Å². The first-order valence-electron chi connectivity index (χ1n) is 12.2. The van der Waals surface area contributed by atoms with Crippen molar-refractivity contribution in [2.45, 2.75) is 32.4 Å². The van der Waals surface area contributed by atoms with Crippen LogP contribution in [0.2, 0.25) is 0 Å². The van der Waals surface area contributed by atoms with Gasteiger partial charge in [0.05, 0.1) is 0 Å². The molecule has 9 heteroatoms. The minimum atomic E-state index is -0.556. The number of halogens is 1. The number of carbonyl (C=O) groups is 3. The summed E-state index contributed by atoms with van der Waals surface area (Å²) in [5.41, 5.74) is 2.63. The molecule has 1 heterocycles. The smallest absolute Gasteiger partial charge is 0.258 e. The molecule has 3 N–H and O–H groups in total. The Labute approximate surface area is 223 Å². The fourth-order valence-corrected chi connectivity index (χ4v) is 4.55. The SMILES string of the molecule is Cc1c(F)cc(C(=O)NC2CC2)cc1-c1ccc(C(=O)NCc2ccccc2)cc1C(=O)Nc1nccs1. The third-order valence-corrected chi connectivity index (χ3v) is 6.97. The summed E-state index contributed by atoms with van der Waals surface area (Å²) < 4.78 is 15.0. The normalized spacial score (nSPS) is 12.6. The summed E-state index contributed by atoms with van der Waals surface area (Å²) in [6.07, 6.45) is 3.37. The van der Waals surface area contributed by atoms with E-state index >= 15 is 0 Å². The zero-order chi connectivity index (χ0) is 26.6. The van der Waals surface area contributed by atoms with Gasteiger partial charge in [-0.25, -0.2) is 9.37 Å². The summed E-state index contributed by atoms with van der Waals surface area (Å²) in [6, 6.07) is 17.1. The summed E-state index contributed by atoms with van der Waals surface area (Å²) in [5.74, 6) is -1.78. The van der Waals surface area contributed by atoms with Gasteiger partial charge in [0, 0.05) is 40.9 Å². The molecule has 192 valence electrons. The van der Waals surface area contributed by atoms with E-state index in [1.54, 1.807) is 36.7 Å². The molecule has 1 aliphatic carbocycles. The Morgan fingerprint density at radius 2 is 1.74 bits per heavy atom. The van der Waals surface area contributed by atoms with Crippen LogP contribution in [0.25, 0.3) is 11.1 Å². The molecule has 4 aromatic rings. The Bertz CT molecular complexity index is 1500. The molecule has 1 aromatic heterocycles. The highest BCUT2D eigenvalue weighted by molar-refractivity contribution is 7.13. The van der Waals surface area contributed by atoms with Gasteiger partial charge in [0.1, 0.15) is 5.82 Å². The monoisotopic (exact) mass is 528 g/mol. The lowest BCUT2D eigenvalue weighted by Gasteiger charge is -2.16. The third-order valence-electron chi connectivity index (χ3n) is 6.28. The maximum atomic E-state index is 15.0. The summed E-state index contributed by atoms with van der Waals surface area (Å²) in [6.45, 7) is 1.92. The van der Waals surface area contributed by atoms with Crippen molar-refractivity contribution in [1.82, 2.24) is 15.6 Å². The Hall–Kier alpha value is -4.37. The number of thiazole rings is 1. The van der Waals surface area contributed by atoms with Gasteiger partial charge < -0.3 is 10.6 Å². The first-order valence-corrected chi connectivity index (χ1v) is 13.1. The number of aromatic nitrogens is 1. The van der Waals surface area contributed by atoms with Gasteiger partial charge in [-0.05, 0) is 66.3 Å². The fourth-order valence-electron chi connectivity index (χ4n) is 4.02. The number of amides is 3. The van der Waals surface area contributed by atoms with Crippen LogP contribution in [0, 0.1) is 12.7 Å². The zero-order valence-electron chi connectivity index (χ0n) is 20.6. The van der Waals surface area contributed by atoms with Crippen LogP contribution >= 0.6 is 11.3 Å². The third kappa shape index (κ3) is 5.78. The second kappa shape index (κ2) is 10.9. The van der Waals surface area contributed by atoms with Gasteiger partial charge in [-0.2, -0.15) is 0 Å². The number of nitrogens with one attached hydrogen (secondary N) is 3. The van der Waals surface area contributed by atoms with Crippen LogP contribution in [-0.2, 0) is 6.54 Å². The highest BCUT2D eigenvalue weighted by atomic mass is 32.1. The van der Waals surface area contributed by atoms with Crippen molar-refractivity contribution in [3.05, 3.63) is 106 Å². The average Bonchev–Trinajstić information content (AvgIpc) is 3.60. The number of hydrogen-bond acceptors (Lipinski definition) is 5. The second-order valence-corrected chi connectivity index (χ2v) is 9.99. The molecule has 3 amide bonds. The molecule has 1 aliphatic rings. The summed E-state index contributed by atoms with van der Waals surface area (Å²) in [4.78, 5) is 43.1. The van der Waals surface area contributed by atoms with Gasteiger partial charge in [-0.15, -0.1) is 11.3 Å². The molecule has 1 fully saturated rings. The average molecular weight is 529 g/mol. The highest BCUT2D eigenvalue weighted by Gasteiger charge is 2.25. The second-order valence-electron chi connectivity index (χ2n) is 9.10. The lowest BCUT2D eigenvalue weighted by atomic mass is 9.92. The van der Waals surface area contributed by atoms with Crippen LogP contribution in [0.1, 0.15) is 55.0 Å². The minimum Gasteiger partial charge on any atom is -0.349 e. The van der Waals surface area contributed by atoms with E-state index in [2.05, 4.69) is 20.9 Å². The number of nitrogens with zero attached hydrogens (tertiary/aromatic N) is 1. The molecule has 0 spiro atoms. The first-order chi connectivity index (χ1) is 18.4. The van der Waals surface area contributed by atoms with E-state index in [4.69, 9.17) is 0 Å². The fraction of sp³-hybridized carbons (Fsp3) is 0.172. The number of carbonyl (C=O) groups excluding carboxylic acids is 3. The molecular formula is C29H25FN4O3S.